The van der Waals surface area contributed by atoms with Gasteiger partial charge in [0.2, 0.25) is 11.8 Å². The van der Waals surface area contributed by atoms with Crippen LogP contribution in [-0.2, 0) is 9.59 Å². The van der Waals surface area contributed by atoms with Gasteiger partial charge in [-0.1, -0.05) is 31.5 Å². The van der Waals surface area contributed by atoms with Crippen LogP contribution in [0.15, 0.2) is 42.5 Å². The summed E-state index contributed by atoms with van der Waals surface area (Å²) in [6.45, 7) is 4.39. The van der Waals surface area contributed by atoms with Crippen molar-refractivity contribution in [2.75, 3.05) is 24.4 Å². The molecular formula is C22H25ClN2O4. The second-order valence-corrected chi connectivity index (χ2v) is 6.58. The molecular weight excluding hydrogens is 392 g/mol. The maximum absolute atomic E-state index is 12.3. The molecule has 2 amide bonds. The zero-order valence-corrected chi connectivity index (χ0v) is 17.5. The normalized spacial score (nSPS) is 10.6. The first-order chi connectivity index (χ1) is 14.0. The first-order valence-electron chi connectivity index (χ1n) is 9.36. The second-order valence-electron chi connectivity index (χ2n) is 6.18. The lowest BCUT2D eigenvalue weighted by atomic mass is 10.2. The number of nitrogens with one attached hydrogen (secondary N) is 2. The molecule has 0 heterocycles. The van der Waals surface area contributed by atoms with Crippen LogP contribution in [0.25, 0.3) is 6.08 Å². The number of halogens is 1. The lowest BCUT2D eigenvalue weighted by Crippen LogP contribution is -2.11. The van der Waals surface area contributed by atoms with Gasteiger partial charge in [0.05, 0.1) is 24.4 Å². The third-order valence-electron chi connectivity index (χ3n) is 3.91. The van der Waals surface area contributed by atoms with E-state index in [1.807, 2.05) is 19.1 Å². The molecule has 0 saturated heterocycles. The molecule has 2 aromatic rings. The van der Waals surface area contributed by atoms with Crippen LogP contribution in [0.3, 0.4) is 0 Å². The molecule has 0 radical (unpaired) electrons. The highest BCUT2D eigenvalue weighted by Crippen LogP contribution is 2.29. The minimum absolute atomic E-state index is 0.121. The van der Waals surface area contributed by atoms with E-state index in [2.05, 4.69) is 10.6 Å². The van der Waals surface area contributed by atoms with Gasteiger partial charge < -0.3 is 20.1 Å². The van der Waals surface area contributed by atoms with Crippen molar-refractivity contribution in [1.29, 1.82) is 0 Å². The first kappa shape index (κ1) is 22.3. The number of anilines is 2. The summed E-state index contributed by atoms with van der Waals surface area (Å²) in [5, 5.41) is 5.82. The molecule has 0 aliphatic carbocycles. The zero-order chi connectivity index (χ0) is 21.2. The molecule has 0 unspecified atom stereocenters. The van der Waals surface area contributed by atoms with Crippen LogP contribution < -0.4 is 20.1 Å². The SMILES string of the molecule is CCCOc1ccc(/C=C/C(=O)Nc2cc(NC(=O)CC)ccc2Cl)cc1OC. The summed E-state index contributed by atoms with van der Waals surface area (Å²) >= 11 is 6.14. The maximum Gasteiger partial charge on any atom is 0.248 e. The molecule has 0 saturated carbocycles. The van der Waals surface area contributed by atoms with Gasteiger partial charge >= 0.3 is 0 Å². The lowest BCUT2D eigenvalue weighted by molar-refractivity contribution is -0.116. The van der Waals surface area contributed by atoms with Crippen molar-refractivity contribution in [2.24, 2.45) is 0 Å². The Hall–Kier alpha value is -2.99. The molecule has 0 bridgehead atoms. The van der Waals surface area contributed by atoms with Crippen LogP contribution in [0.1, 0.15) is 32.3 Å². The lowest BCUT2D eigenvalue weighted by Gasteiger charge is -2.10. The number of carbonyl (C=O) groups excluding carboxylic acids is 2. The molecule has 0 spiro atoms. The van der Waals surface area contributed by atoms with Crippen molar-refractivity contribution in [3.05, 3.63) is 53.1 Å². The second kappa shape index (κ2) is 11.1. The van der Waals surface area contributed by atoms with Gasteiger partial charge in [0.15, 0.2) is 11.5 Å². The fourth-order valence-electron chi connectivity index (χ4n) is 2.41. The Kier molecular flexibility index (Phi) is 8.55. The Morgan fingerprint density at radius 3 is 2.55 bits per heavy atom. The topological polar surface area (TPSA) is 76.7 Å². The number of hydrogen-bond acceptors (Lipinski definition) is 4. The Morgan fingerprint density at radius 2 is 1.86 bits per heavy atom. The summed E-state index contributed by atoms with van der Waals surface area (Å²) in [6, 6.07) is 10.4. The van der Waals surface area contributed by atoms with E-state index in [0.717, 1.165) is 12.0 Å². The highest BCUT2D eigenvalue weighted by atomic mass is 35.5. The van der Waals surface area contributed by atoms with Crippen LogP contribution in [0.4, 0.5) is 11.4 Å². The minimum Gasteiger partial charge on any atom is -0.493 e. The van der Waals surface area contributed by atoms with Crippen LogP contribution in [0.2, 0.25) is 5.02 Å². The highest BCUT2D eigenvalue weighted by molar-refractivity contribution is 6.34. The van der Waals surface area contributed by atoms with Crippen LogP contribution in [0.5, 0.6) is 11.5 Å². The molecule has 0 fully saturated rings. The Morgan fingerprint density at radius 1 is 1.07 bits per heavy atom. The number of rotatable bonds is 9. The summed E-state index contributed by atoms with van der Waals surface area (Å²) in [4.78, 5) is 23.8. The van der Waals surface area contributed by atoms with Gasteiger partial charge in [0, 0.05) is 18.2 Å². The molecule has 2 aromatic carbocycles. The summed E-state index contributed by atoms with van der Waals surface area (Å²) in [6.07, 6.45) is 4.32. The van der Waals surface area contributed by atoms with E-state index >= 15 is 0 Å². The molecule has 2 rings (SSSR count). The third kappa shape index (κ3) is 6.84. The number of ether oxygens (including phenoxy) is 2. The zero-order valence-electron chi connectivity index (χ0n) is 16.8. The van der Waals surface area contributed by atoms with Gasteiger partial charge in [-0.05, 0) is 48.4 Å². The molecule has 6 nitrogen and oxygen atoms in total. The Labute approximate surface area is 175 Å². The van der Waals surface area contributed by atoms with Crippen molar-refractivity contribution in [2.45, 2.75) is 26.7 Å². The van der Waals surface area contributed by atoms with Crippen molar-refractivity contribution in [3.8, 4) is 11.5 Å². The summed E-state index contributed by atoms with van der Waals surface area (Å²) < 4.78 is 11.0. The molecule has 0 atom stereocenters. The predicted octanol–water partition coefficient (Wildman–Crippen LogP) is 5.14. The standard InChI is InChI=1S/C22H25ClN2O4/c1-4-12-29-19-10-6-15(13-20(19)28-3)7-11-22(27)25-18-14-16(8-9-17(18)23)24-21(26)5-2/h6-11,13-14H,4-5,12H2,1-3H3,(H,24,26)(H,25,27)/b11-7+. The number of methoxy groups -OCH3 is 1. The van der Waals surface area contributed by atoms with E-state index in [-0.39, 0.29) is 11.8 Å². The van der Waals surface area contributed by atoms with E-state index < -0.39 is 0 Å². The number of amides is 2. The monoisotopic (exact) mass is 416 g/mol. The van der Waals surface area contributed by atoms with E-state index in [4.69, 9.17) is 21.1 Å². The van der Waals surface area contributed by atoms with Crippen molar-refractivity contribution < 1.29 is 19.1 Å². The summed E-state index contributed by atoms with van der Waals surface area (Å²) in [5.74, 6) is 0.790. The first-order valence-corrected chi connectivity index (χ1v) is 9.73. The molecule has 29 heavy (non-hydrogen) atoms. The molecule has 154 valence electrons. The van der Waals surface area contributed by atoms with Crippen LogP contribution >= 0.6 is 11.6 Å². The fourth-order valence-corrected chi connectivity index (χ4v) is 2.58. The van der Waals surface area contributed by atoms with Crippen molar-refractivity contribution >= 4 is 40.9 Å². The van der Waals surface area contributed by atoms with Gasteiger partial charge in [-0.25, -0.2) is 0 Å². The predicted molar refractivity (Wildman–Crippen MR) is 117 cm³/mol. The average Bonchev–Trinajstić information content (AvgIpc) is 2.73. The summed E-state index contributed by atoms with van der Waals surface area (Å²) in [5.41, 5.74) is 1.76. The van der Waals surface area contributed by atoms with Crippen molar-refractivity contribution in [3.63, 3.8) is 0 Å². The largest absolute Gasteiger partial charge is 0.493 e. The maximum atomic E-state index is 12.3. The van der Waals surface area contributed by atoms with E-state index in [1.165, 1.54) is 6.08 Å². The van der Waals surface area contributed by atoms with Gasteiger partial charge in [-0.15, -0.1) is 0 Å². The van der Waals surface area contributed by atoms with Crippen LogP contribution in [-0.4, -0.2) is 25.5 Å². The average molecular weight is 417 g/mol. The highest BCUT2D eigenvalue weighted by Gasteiger charge is 2.08. The van der Waals surface area contributed by atoms with Gasteiger partial charge in [-0.2, -0.15) is 0 Å². The minimum atomic E-state index is -0.351. The van der Waals surface area contributed by atoms with Gasteiger partial charge in [0.1, 0.15) is 0 Å². The Bertz CT molecular complexity index is 896. The number of benzene rings is 2. The van der Waals surface area contributed by atoms with E-state index in [9.17, 15) is 9.59 Å². The number of carbonyl (C=O) groups is 2. The molecule has 0 aliphatic heterocycles. The summed E-state index contributed by atoms with van der Waals surface area (Å²) in [7, 11) is 1.57. The van der Waals surface area contributed by atoms with E-state index in [1.54, 1.807) is 44.4 Å². The van der Waals surface area contributed by atoms with Crippen LogP contribution in [0, 0.1) is 0 Å². The fraction of sp³-hybridized carbons (Fsp3) is 0.273. The molecule has 0 aromatic heterocycles. The third-order valence-corrected chi connectivity index (χ3v) is 4.24. The molecule has 7 heteroatoms. The van der Waals surface area contributed by atoms with Gasteiger partial charge in [-0.3, -0.25) is 9.59 Å². The van der Waals surface area contributed by atoms with E-state index in [0.29, 0.717) is 40.9 Å². The Balaban J connectivity index is 2.08. The van der Waals surface area contributed by atoms with Gasteiger partial charge in [0.25, 0.3) is 0 Å². The molecule has 2 N–H and O–H groups in total. The quantitative estimate of drug-likeness (QED) is 0.555. The number of hydrogen-bond donors (Lipinski definition) is 2. The smallest absolute Gasteiger partial charge is 0.248 e. The van der Waals surface area contributed by atoms with Crippen molar-refractivity contribution in [1.82, 2.24) is 0 Å². The molecule has 0 aliphatic rings.